The summed E-state index contributed by atoms with van der Waals surface area (Å²) >= 11 is 0. The zero-order chi connectivity index (χ0) is 33.3. The molecule has 1 heterocycles. The summed E-state index contributed by atoms with van der Waals surface area (Å²) in [7, 11) is 0. The van der Waals surface area contributed by atoms with Crippen LogP contribution in [0.5, 0.6) is 0 Å². The van der Waals surface area contributed by atoms with Crippen molar-refractivity contribution in [1.29, 1.82) is 0 Å². The minimum absolute atomic E-state index is 0.0724. The monoisotopic (exact) mass is 629 g/mol. The smallest absolute Gasteiger partial charge is 0.0346 e. The Bertz CT molecular complexity index is 2480. The van der Waals surface area contributed by atoms with Gasteiger partial charge in [0.05, 0.1) is 0 Å². The molecule has 2 unspecified atom stereocenters. The first kappa shape index (κ1) is 29.6. The fourth-order valence-corrected chi connectivity index (χ4v) is 8.21. The van der Waals surface area contributed by atoms with Crippen molar-refractivity contribution in [3.8, 4) is 33.4 Å². The molecule has 0 radical (unpaired) electrons. The van der Waals surface area contributed by atoms with E-state index in [1.54, 1.807) is 0 Å². The van der Waals surface area contributed by atoms with Crippen LogP contribution in [0.25, 0.3) is 65.7 Å². The number of pyridine rings is 1. The third-order valence-corrected chi connectivity index (χ3v) is 11.0. The van der Waals surface area contributed by atoms with Gasteiger partial charge in [-0.1, -0.05) is 161 Å². The summed E-state index contributed by atoms with van der Waals surface area (Å²) < 4.78 is 0. The predicted molar refractivity (Wildman–Crippen MR) is 209 cm³/mol. The van der Waals surface area contributed by atoms with Crippen LogP contribution in [0.15, 0.2) is 164 Å². The van der Waals surface area contributed by atoms with E-state index in [2.05, 4.69) is 172 Å². The normalized spacial score (nSPS) is 18.8. The van der Waals surface area contributed by atoms with Crippen LogP contribution in [0.1, 0.15) is 38.8 Å². The van der Waals surface area contributed by atoms with Crippen molar-refractivity contribution in [3.63, 3.8) is 0 Å². The van der Waals surface area contributed by atoms with Crippen LogP contribution in [0.4, 0.5) is 0 Å². The highest BCUT2D eigenvalue weighted by atomic mass is 14.6. The molecule has 2 atom stereocenters. The van der Waals surface area contributed by atoms with E-state index in [4.69, 9.17) is 0 Å². The van der Waals surface area contributed by atoms with Gasteiger partial charge >= 0.3 is 0 Å². The lowest BCUT2D eigenvalue weighted by Crippen LogP contribution is -2.32. The summed E-state index contributed by atoms with van der Waals surface area (Å²) in [6, 6.07) is 39.1. The van der Waals surface area contributed by atoms with Gasteiger partial charge in [-0.25, -0.2) is 0 Å². The van der Waals surface area contributed by atoms with E-state index < -0.39 is 0 Å². The molecule has 49 heavy (non-hydrogen) atoms. The number of rotatable bonds is 4. The number of nitrogens with zero attached hydrogens (tertiary/aromatic N) is 1. The molecule has 9 rings (SSSR count). The Balaban J connectivity index is 1.24. The van der Waals surface area contributed by atoms with Crippen LogP contribution < -0.4 is 0 Å². The van der Waals surface area contributed by atoms with E-state index in [0.717, 1.165) is 5.56 Å². The first-order valence-corrected chi connectivity index (χ1v) is 17.4. The highest BCUT2D eigenvalue weighted by molar-refractivity contribution is 6.28. The van der Waals surface area contributed by atoms with Crippen molar-refractivity contribution >= 4 is 32.3 Å². The van der Waals surface area contributed by atoms with E-state index in [9.17, 15) is 0 Å². The van der Waals surface area contributed by atoms with Gasteiger partial charge in [0.25, 0.3) is 0 Å². The Morgan fingerprint density at radius 2 is 1.29 bits per heavy atom. The summed E-state index contributed by atoms with van der Waals surface area (Å²) in [5.74, 6) is 0.335. The van der Waals surface area contributed by atoms with Crippen molar-refractivity contribution in [2.75, 3.05) is 0 Å². The van der Waals surface area contributed by atoms with Gasteiger partial charge in [-0.15, -0.1) is 0 Å². The molecule has 0 aliphatic heterocycles. The van der Waals surface area contributed by atoms with Crippen LogP contribution in [-0.4, -0.2) is 4.98 Å². The lowest BCUT2D eigenvalue weighted by atomic mass is 9.65. The van der Waals surface area contributed by atoms with Crippen LogP contribution in [0.3, 0.4) is 0 Å². The number of hydrogen-bond acceptors (Lipinski definition) is 1. The molecule has 0 fully saturated rings. The average molecular weight is 630 g/mol. The third kappa shape index (κ3) is 4.79. The first-order chi connectivity index (χ1) is 23.8. The molecule has 0 spiro atoms. The van der Waals surface area contributed by atoms with Crippen molar-refractivity contribution in [3.05, 3.63) is 175 Å². The van der Waals surface area contributed by atoms with E-state index in [1.165, 1.54) is 76.8 Å². The van der Waals surface area contributed by atoms with Crippen molar-refractivity contribution in [2.45, 2.75) is 38.5 Å². The molecule has 2 aliphatic carbocycles. The van der Waals surface area contributed by atoms with Gasteiger partial charge in [-0.2, -0.15) is 0 Å². The quantitative estimate of drug-likeness (QED) is 0.177. The topological polar surface area (TPSA) is 12.9 Å². The molecule has 0 amide bonds. The Hall–Kier alpha value is -5.53. The van der Waals surface area contributed by atoms with Gasteiger partial charge in [-0.05, 0) is 99.9 Å². The number of hydrogen-bond donors (Lipinski definition) is 0. The van der Waals surface area contributed by atoms with Gasteiger partial charge in [0, 0.05) is 23.7 Å². The van der Waals surface area contributed by atoms with Gasteiger partial charge in [-0.3, -0.25) is 4.98 Å². The van der Waals surface area contributed by atoms with Crippen molar-refractivity contribution in [1.82, 2.24) is 4.98 Å². The summed E-state index contributed by atoms with van der Waals surface area (Å²) in [5.41, 5.74) is 11.3. The molecule has 7 aromatic rings. The maximum atomic E-state index is 4.34. The molecule has 0 N–H and O–H groups in total. The molecule has 236 valence electrons. The Morgan fingerprint density at radius 3 is 1.92 bits per heavy atom. The number of fused-ring (bicyclic) bond motifs is 1. The van der Waals surface area contributed by atoms with Crippen LogP contribution in [-0.2, 0) is 10.8 Å². The predicted octanol–water partition coefficient (Wildman–Crippen LogP) is 12.8. The summed E-state index contributed by atoms with van der Waals surface area (Å²) in [4.78, 5) is 4.34. The minimum atomic E-state index is -0.0987. The SMILES string of the molecule is CC(C)(C)c1cc2ccc3c(-c4ccc(-c5cccnc5)cc4)cc(-c4ccc(C5(C)C=CC=C6C=CC=CC65)cc4)c4ccc(c1)c2c34. The summed E-state index contributed by atoms with van der Waals surface area (Å²) in [5, 5.41) is 7.91. The fraction of sp³-hybridized carbons (Fsp3) is 0.146. The number of benzene rings is 6. The lowest BCUT2D eigenvalue weighted by molar-refractivity contribution is 0.482. The molecule has 6 aromatic carbocycles. The van der Waals surface area contributed by atoms with Crippen LogP contribution in [0, 0.1) is 5.92 Å². The standard InChI is InChI=1S/C48H39N/c1-47(2,3)39-27-35-19-23-40-42(32-15-13-31(14-16-32)37-11-8-26-49-30-37)29-43(41-24-20-36(28-39)45(35)46(40)41)33-17-21-38(22-18-33)48(4)25-7-10-34-9-5-6-12-44(34)48/h5-30,44H,1-4H3. The van der Waals surface area contributed by atoms with Crippen molar-refractivity contribution < 1.29 is 0 Å². The maximum Gasteiger partial charge on any atom is 0.0346 e. The van der Waals surface area contributed by atoms with Gasteiger partial charge in [0.15, 0.2) is 0 Å². The molecular weight excluding hydrogens is 591 g/mol. The van der Waals surface area contributed by atoms with E-state index in [0.29, 0.717) is 5.92 Å². The lowest BCUT2D eigenvalue weighted by Gasteiger charge is -2.38. The van der Waals surface area contributed by atoms with E-state index in [-0.39, 0.29) is 10.8 Å². The van der Waals surface area contributed by atoms with Crippen LogP contribution in [0.2, 0.25) is 0 Å². The molecule has 1 aromatic heterocycles. The molecule has 1 heteroatoms. The highest BCUT2D eigenvalue weighted by Gasteiger charge is 2.36. The van der Waals surface area contributed by atoms with Crippen molar-refractivity contribution in [2.24, 2.45) is 5.92 Å². The van der Waals surface area contributed by atoms with Gasteiger partial charge < -0.3 is 0 Å². The molecule has 1 nitrogen and oxygen atoms in total. The Kier molecular flexibility index (Phi) is 6.65. The molecule has 0 saturated carbocycles. The highest BCUT2D eigenvalue weighted by Crippen LogP contribution is 2.47. The Morgan fingerprint density at radius 1 is 0.633 bits per heavy atom. The Labute approximate surface area is 289 Å². The van der Waals surface area contributed by atoms with E-state index >= 15 is 0 Å². The number of allylic oxidation sites excluding steroid dienone is 8. The zero-order valence-electron chi connectivity index (χ0n) is 28.5. The van der Waals surface area contributed by atoms with Gasteiger partial charge in [0.2, 0.25) is 0 Å². The molecule has 2 aliphatic rings. The summed E-state index contributed by atoms with van der Waals surface area (Å²) in [6.07, 6.45) is 19.5. The molecule has 0 saturated heterocycles. The second kappa shape index (κ2) is 11.0. The maximum absolute atomic E-state index is 4.34. The zero-order valence-corrected chi connectivity index (χ0v) is 28.5. The minimum Gasteiger partial charge on any atom is -0.264 e. The van der Waals surface area contributed by atoms with E-state index in [1.807, 2.05) is 18.5 Å². The van der Waals surface area contributed by atoms with Gasteiger partial charge in [0.1, 0.15) is 0 Å². The number of aromatic nitrogens is 1. The van der Waals surface area contributed by atoms with Crippen LogP contribution >= 0.6 is 0 Å². The largest absolute Gasteiger partial charge is 0.264 e. The second-order valence-electron chi connectivity index (χ2n) is 15.0. The average Bonchev–Trinajstić information content (AvgIpc) is 3.14. The molecule has 0 bridgehead atoms. The second-order valence-corrected chi connectivity index (χ2v) is 15.0. The fourth-order valence-electron chi connectivity index (χ4n) is 8.21. The first-order valence-electron chi connectivity index (χ1n) is 17.4. The third-order valence-electron chi connectivity index (χ3n) is 11.0. The summed E-state index contributed by atoms with van der Waals surface area (Å²) in [6.45, 7) is 9.28. The molecular formula is C48H39N.